The van der Waals surface area contributed by atoms with E-state index in [1.807, 2.05) is 38.1 Å². The minimum atomic E-state index is -0.936. The molecule has 0 bridgehead atoms. The Labute approximate surface area is 228 Å². The molecule has 3 heterocycles. The molecule has 0 unspecified atom stereocenters. The fourth-order valence-electron chi connectivity index (χ4n) is 5.22. The number of amidine groups is 1. The van der Waals surface area contributed by atoms with E-state index in [-0.39, 0.29) is 12.5 Å². The molecule has 206 valence electrons. The first kappa shape index (κ1) is 27.8. The Morgan fingerprint density at radius 2 is 2.10 bits per heavy atom. The third-order valence-corrected chi connectivity index (χ3v) is 7.31. The van der Waals surface area contributed by atoms with Crippen LogP contribution in [-0.4, -0.2) is 66.4 Å². The predicted molar refractivity (Wildman–Crippen MR) is 150 cm³/mol. The van der Waals surface area contributed by atoms with Gasteiger partial charge in [-0.05, 0) is 60.7 Å². The fourth-order valence-corrected chi connectivity index (χ4v) is 5.22. The lowest BCUT2D eigenvalue weighted by atomic mass is 9.82. The molecule has 10 nitrogen and oxygen atoms in total. The number of aryl methyl sites for hydroxylation is 1. The Kier molecular flexibility index (Phi) is 8.63. The number of carbonyl (C=O) groups is 3. The summed E-state index contributed by atoms with van der Waals surface area (Å²) >= 11 is 0. The zero-order chi connectivity index (χ0) is 28.0. The first-order valence-corrected chi connectivity index (χ1v) is 13.3. The van der Waals surface area contributed by atoms with Crippen molar-refractivity contribution in [1.29, 1.82) is 0 Å². The fraction of sp³-hybridized carbons (Fsp3) is 0.414. The zero-order valence-corrected chi connectivity index (χ0v) is 23.0. The molecule has 0 saturated heterocycles. The summed E-state index contributed by atoms with van der Waals surface area (Å²) in [4.78, 5) is 48.3. The number of aromatic nitrogens is 1. The number of amides is 4. The summed E-state index contributed by atoms with van der Waals surface area (Å²) in [5.74, 6) is 1.33. The van der Waals surface area contributed by atoms with Gasteiger partial charge in [-0.3, -0.25) is 24.9 Å². The molecule has 1 atom stereocenters. The monoisotopic (exact) mass is 532 g/mol. The molecule has 1 aromatic heterocycles. The Balaban J connectivity index is 1.72. The largest absolute Gasteiger partial charge is 0.497 e. The molecule has 1 aromatic carbocycles. The molecule has 4 rings (SSSR count). The molecule has 2 aromatic rings. The van der Waals surface area contributed by atoms with Crippen molar-refractivity contribution < 1.29 is 19.1 Å². The molecule has 2 aliphatic heterocycles. The maximum Gasteiger partial charge on any atom is 0.321 e. The summed E-state index contributed by atoms with van der Waals surface area (Å²) in [5.41, 5.74) is 4.16. The van der Waals surface area contributed by atoms with E-state index in [1.54, 1.807) is 24.3 Å². The number of nitrogens with one attached hydrogen (secondary N) is 3. The number of nitrogens with zero attached hydrogens (tertiary/aromatic N) is 3. The van der Waals surface area contributed by atoms with Crippen molar-refractivity contribution in [2.75, 3.05) is 26.7 Å². The number of methoxy groups -OCH3 is 1. The van der Waals surface area contributed by atoms with Crippen molar-refractivity contribution in [3.63, 3.8) is 0 Å². The quantitative estimate of drug-likeness (QED) is 0.382. The Bertz CT molecular complexity index is 1320. The summed E-state index contributed by atoms with van der Waals surface area (Å²) in [6.45, 7) is 8.24. The second-order valence-corrected chi connectivity index (χ2v) is 9.84. The highest BCUT2D eigenvalue weighted by Crippen LogP contribution is 2.33. The number of urea groups is 1. The van der Waals surface area contributed by atoms with Gasteiger partial charge in [0.05, 0.1) is 24.9 Å². The summed E-state index contributed by atoms with van der Waals surface area (Å²) in [5, 5.41) is 8.51. The van der Waals surface area contributed by atoms with Crippen LogP contribution in [0.15, 0.2) is 41.0 Å². The van der Waals surface area contributed by atoms with Crippen LogP contribution in [0.2, 0.25) is 0 Å². The maximum atomic E-state index is 13.5. The standard InChI is InChI=1S/C29H36N6O4/c1-5-7-22(13-25-19(3)12-21(15-32-25)26-30-10-11-31-26)29(6-2,34-28(38)33-18-36)17-35-16-20-8-9-23(39-4)14-24(20)27(35)37/h8-9,12-15,18H,5-7,10-11,16-17H2,1-4H3,(H,30,31)(H2,33,34,36,38)/b22-13+/t29-/m0/s1. The summed E-state index contributed by atoms with van der Waals surface area (Å²) in [7, 11) is 1.57. The van der Waals surface area contributed by atoms with E-state index in [1.165, 1.54) is 0 Å². The first-order chi connectivity index (χ1) is 18.8. The van der Waals surface area contributed by atoms with E-state index in [2.05, 4.69) is 27.9 Å². The van der Waals surface area contributed by atoms with Gasteiger partial charge >= 0.3 is 6.03 Å². The van der Waals surface area contributed by atoms with E-state index in [9.17, 15) is 14.4 Å². The number of benzene rings is 1. The SMILES string of the molecule is CCC/C(=C\c1ncc(C2=NCCN2)cc1C)[C@](CC)(CN1Cc2ccc(OC)cc2C1=O)NC(=O)NC=O. The highest BCUT2D eigenvalue weighted by Gasteiger charge is 2.40. The lowest BCUT2D eigenvalue weighted by Crippen LogP contribution is -2.58. The summed E-state index contributed by atoms with van der Waals surface area (Å²) in [6, 6.07) is 6.91. The van der Waals surface area contributed by atoms with Crippen LogP contribution in [0.3, 0.4) is 0 Å². The number of ether oxygens (including phenoxy) is 1. The van der Waals surface area contributed by atoms with E-state index in [0.29, 0.717) is 37.1 Å². The van der Waals surface area contributed by atoms with Crippen molar-refractivity contribution in [3.05, 3.63) is 64.0 Å². The van der Waals surface area contributed by atoms with Gasteiger partial charge in [0.25, 0.3) is 5.91 Å². The third-order valence-electron chi connectivity index (χ3n) is 7.31. The second-order valence-electron chi connectivity index (χ2n) is 9.84. The number of carbonyl (C=O) groups excluding carboxylic acids is 3. The molecule has 0 aliphatic carbocycles. The smallest absolute Gasteiger partial charge is 0.321 e. The number of aliphatic imine (C=N–C) groups is 1. The van der Waals surface area contributed by atoms with Crippen LogP contribution < -0.4 is 20.7 Å². The lowest BCUT2D eigenvalue weighted by Gasteiger charge is -2.39. The van der Waals surface area contributed by atoms with Gasteiger partial charge in [0.15, 0.2) is 0 Å². The molecular weight excluding hydrogens is 496 g/mol. The molecule has 2 aliphatic rings. The van der Waals surface area contributed by atoms with Gasteiger partial charge in [-0.1, -0.05) is 26.3 Å². The van der Waals surface area contributed by atoms with E-state index < -0.39 is 11.6 Å². The van der Waals surface area contributed by atoms with Crippen LogP contribution in [0.4, 0.5) is 4.79 Å². The van der Waals surface area contributed by atoms with Crippen molar-refractivity contribution in [2.24, 2.45) is 4.99 Å². The van der Waals surface area contributed by atoms with Crippen LogP contribution in [0.5, 0.6) is 5.75 Å². The van der Waals surface area contributed by atoms with Crippen LogP contribution in [0.25, 0.3) is 6.08 Å². The molecule has 39 heavy (non-hydrogen) atoms. The highest BCUT2D eigenvalue weighted by atomic mass is 16.5. The van der Waals surface area contributed by atoms with Crippen LogP contribution in [-0.2, 0) is 11.3 Å². The van der Waals surface area contributed by atoms with Crippen molar-refractivity contribution >= 4 is 30.3 Å². The van der Waals surface area contributed by atoms with Crippen molar-refractivity contribution in [3.8, 4) is 5.75 Å². The predicted octanol–water partition coefficient (Wildman–Crippen LogP) is 3.19. The maximum absolute atomic E-state index is 13.5. The number of imide groups is 1. The third kappa shape index (κ3) is 5.94. The van der Waals surface area contributed by atoms with Crippen molar-refractivity contribution in [1.82, 2.24) is 25.8 Å². The normalized spacial score (nSPS) is 16.2. The van der Waals surface area contributed by atoms with Crippen molar-refractivity contribution in [2.45, 2.75) is 52.1 Å². The zero-order valence-electron chi connectivity index (χ0n) is 23.0. The Morgan fingerprint density at radius 3 is 2.74 bits per heavy atom. The van der Waals surface area contributed by atoms with Gasteiger partial charge in [-0.25, -0.2) is 4.79 Å². The van der Waals surface area contributed by atoms with Crippen LogP contribution in [0, 0.1) is 6.92 Å². The molecule has 3 N–H and O–H groups in total. The van der Waals surface area contributed by atoms with Gasteiger partial charge < -0.3 is 20.3 Å². The second kappa shape index (κ2) is 12.1. The van der Waals surface area contributed by atoms with Crippen LogP contribution >= 0.6 is 0 Å². The molecule has 0 spiro atoms. The van der Waals surface area contributed by atoms with E-state index >= 15 is 0 Å². The molecule has 10 heteroatoms. The Hall–Kier alpha value is -4.21. The van der Waals surface area contributed by atoms with Gasteiger partial charge in [-0.15, -0.1) is 0 Å². The van der Waals surface area contributed by atoms with Gasteiger partial charge in [-0.2, -0.15) is 0 Å². The number of pyridine rings is 1. The van der Waals surface area contributed by atoms with Gasteiger partial charge in [0.1, 0.15) is 11.6 Å². The van der Waals surface area contributed by atoms with Crippen LogP contribution in [0.1, 0.15) is 65.9 Å². The lowest BCUT2D eigenvalue weighted by molar-refractivity contribution is -0.108. The Morgan fingerprint density at radius 1 is 1.28 bits per heavy atom. The highest BCUT2D eigenvalue weighted by molar-refractivity contribution is 6.00. The number of fused-ring (bicyclic) bond motifs is 1. The summed E-state index contributed by atoms with van der Waals surface area (Å²) < 4.78 is 5.32. The minimum absolute atomic E-state index is 0.126. The van der Waals surface area contributed by atoms with Gasteiger partial charge in [0, 0.05) is 37.0 Å². The number of hydrogen-bond donors (Lipinski definition) is 3. The van der Waals surface area contributed by atoms with E-state index in [0.717, 1.165) is 53.3 Å². The minimum Gasteiger partial charge on any atom is -0.497 e. The average molecular weight is 533 g/mol. The molecule has 0 radical (unpaired) electrons. The van der Waals surface area contributed by atoms with Gasteiger partial charge in [0.2, 0.25) is 6.41 Å². The number of hydrogen-bond acceptors (Lipinski definition) is 7. The van der Waals surface area contributed by atoms with E-state index in [4.69, 9.17) is 9.72 Å². The summed E-state index contributed by atoms with van der Waals surface area (Å²) in [6.07, 6.45) is 6.13. The molecule has 4 amide bonds. The average Bonchev–Trinajstić information content (AvgIpc) is 3.57. The molecule has 0 saturated carbocycles. The number of rotatable bonds is 11. The molecule has 0 fully saturated rings. The molecular formula is C29H36N6O4. The first-order valence-electron chi connectivity index (χ1n) is 13.3. The topological polar surface area (TPSA) is 125 Å².